The van der Waals surface area contributed by atoms with Crippen molar-refractivity contribution in [1.29, 1.82) is 0 Å². The number of methoxy groups -OCH3 is 1. The molecule has 4 aromatic rings. The maximum atomic E-state index is 14.7. The third-order valence-electron chi connectivity index (χ3n) is 8.28. The average molecular weight is 633 g/mol. The Kier molecular flexibility index (Phi) is 9.11. The smallest absolute Gasteiger partial charge is 0.497 e. The van der Waals surface area contributed by atoms with Crippen LogP contribution in [-0.2, 0) is 20.9 Å². The van der Waals surface area contributed by atoms with Gasteiger partial charge >= 0.3 is 15.5 Å². The van der Waals surface area contributed by atoms with Crippen molar-refractivity contribution >= 4 is 35.1 Å². The Labute approximate surface area is 253 Å². The van der Waals surface area contributed by atoms with Gasteiger partial charge in [-0.15, -0.1) is 0 Å². The standard InChI is InChI=1S/C32H39F3N2O4SSi/c1-23-28-15-11-12-16-29(28)36(25-17-19-27(40-5)20-18-25)30(23)37(42(38,39)32(33,34)35)26(21-24-13-9-8-10-14-24)22-41-43(6,7)31(2,3)4/h8-20,26H,21-22H2,1-7H3/t26-/m0/s1. The van der Waals surface area contributed by atoms with E-state index in [0.717, 1.165) is 0 Å². The largest absolute Gasteiger partial charge is 0.516 e. The van der Waals surface area contributed by atoms with Gasteiger partial charge in [-0.1, -0.05) is 69.3 Å². The van der Waals surface area contributed by atoms with Crippen LogP contribution in [0.3, 0.4) is 0 Å². The summed E-state index contributed by atoms with van der Waals surface area (Å²) in [7, 11) is -6.88. The molecule has 11 heteroatoms. The third-order valence-corrected chi connectivity index (χ3v) is 14.4. The van der Waals surface area contributed by atoms with E-state index < -0.39 is 29.9 Å². The van der Waals surface area contributed by atoms with Gasteiger partial charge in [0.2, 0.25) is 0 Å². The summed E-state index contributed by atoms with van der Waals surface area (Å²) < 4.78 is 85.4. The Morgan fingerprint density at radius 2 is 1.49 bits per heavy atom. The molecule has 1 aromatic heterocycles. The first-order valence-electron chi connectivity index (χ1n) is 14.0. The Morgan fingerprint density at radius 1 is 0.907 bits per heavy atom. The minimum Gasteiger partial charge on any atom is -0.497 e. The number of hydrogen-bond acceptors (Lipinski definition) is 4. The minimum absolute atomic E-state index is 0.00828. The summed E-state index contributed by atoms with van der Waals surface area (Å²) in [4.78, 5) is 0. The number of nitrogens with zero attached hydrogens (tertiary/aromatic N) is 2. The van der Waals surface area contributed by atoms with Gasteiger partial charge < -0.3 is 9.16 Å². The first-order valence-corrected chi connectivity index (χ1v) is 18.4. The lowest BCUT2D eigenvalue weighted by molar-refractivity contribution is -0.0441. The quantitative estimate of drug-likeness (QED) is 0.165. The number of halogens is 3. The molecule has 0 saturated carbocycles. The van der Waals surface area contributed by atoms with E-state index in [1.807, 2.05) is 33.9 Å². The fraction of sp³-hybridized carbons (Fsp3) is 0.375. The molecule has 6 nitrogen and oxygen atoms in total. The Hall–Kier alpha value is -3.28. The number of fused-ring (bicyclic) bond motifs is 1. The number of anilines is 1. The van der Waals surface area contributed by atoms with E-state index >= 15 is 0 Å². The highest BCUT2D eigenvalue weighted by molar-refractivity contribution is 7.93. The van der Waals surface area contributed by atoms with Crippen LogP contribution >= 0.6 is 0 Å². The zero-order chi connectivity index (χ0) is 31.8. The van der Waals surface area contributed by atoms with Crippen molar-refractivity contribution in [2.75, 3.05) is 18.0 Å². The van der Waals surface area contributed by atoms with Gasteiger partial charge in [0.15, 0.2) is 8.32 Å². The van der Waals surface area contributed by atoms with Gasteiger partial charge in [0.05, 0.1) is 25.3 Å². The summed E-state index contributed by atoms with van der Waals surface area (Å²) in [6.45, 7) is 11.5. The Balaban J connectivity index is 2.04. The van der Waals surface area contributed by atoms with Gasteiger partial charge in [-0.3, -0.25) is 4.57 Å². The average Bonchev–Trinajstić information content (AvgIpc) is 3.23. The van der Waals surface area contributed by atoms with Crippen molar-refractivity contribution in [1.82, 2.24) is 4.57 Å². The molecule has 3 aromatic carbocycles. The number of para-hydroxylation sites is 1. The maximum Gasteiger partial charge on any atom is 0.516 e. The van der Waals surface area contributed by atoms with E-state index in [2.05, 4.69) is 0 Å². The molecule has 1 atom stereocenters. The van der Waals surface area contributed by atoms with Crippen LogP contribution in [0.15, 0.2) is 78.9 Å². The van der Waals surface area contributed by atoms with Gasteiger partial charge in [-0.25, -0.2) is 4.31 Å². The van der Waals surface area contributed by atoms with E-state index in [9.17, 15) is 21.6 Å². The molecular formula is C32H39F3N2O4SSi. The molecule has 43 heavy (non-hydrogen) atoms. The first-order chi connectivity index (χ1) is 20.0. The number of alkyl halides is 3. The Morgan fingerprint density at radius 3 is 2.05 bits per heavy atom. The molecule has 0 radical (unpaired) electrons. The molecule has 232 valence electrons. The van der Waals surface area contributed by atoms with Crippen molar-refractivity contribution < 1.29 is 30.8 Å². The fourth-order valence-corrected chi connectivity index (χ4v) is 7.10. The van der Waals surface area contributed by atoms with Gasteiger partial charge in [0, 0.05) is 16.6 Å². The normalized spacial score (nSPS) is 13.7. The lowest BCUT2D eigenvalue weighted by Crippen LogP contribution is -2.53. The highest BCUT2D eigenvalue weighted by atomic mass is 32.2. The van der Waals surface area contributed by atoms with Crippen LogP contribution in [0.25, 0.3) is 16.6 Å². The molecule has 0 aliphatic carbocycles. The van der Waals surface area contributed by atoms with Gasteiger partial charge in [0.25, 0.3) is 0 Å². The van der Waals surface area contributed by atoms with Gasteiger partial charge in [0.1, 0.15) is 11.6 Å². The number of aromatic nitrogens is 1. The molecular weight excluding hydrogens is 594 g/mol. The van der Waals surface area contributed by atoms with Crippen molar-refractivity contribution in [2.24, 2.45) is 0 Å². The molecule has 0 aliphatic heterocycles. The zero-order valence-corrected chi connectivity index (χ0v) is 27.4. The molecule has 0 saturated heterocycles. The number of hydrogen-bond donors (Lipinski definition) is 0. The number of benzene rings is 3. The van der Waals surface area contributed by atoms with Crippen molar-refractivity contribution in [3.8, 4) is 11.4 Å². The SMILES string of the molecule is COc1ccc(-n2c(N([C@H](CO[Si](C)(C)C(C)(C)C)Cc3ccccc3)S(=O)(=O)C(F)(F)F)c(C)c3ccccc32)cc1. The summed E-state index contributed by atoms with van der Waals surface area (Å²) in [5.41, 5.74) is -3.40. The third kappa shape index (κ3) is 6.48. The molecule has 0 unspecified atom stereocenters. The Bertz CT molecular complexity index is 1660. The second-order valence-corrected chi connectivity index (χ2v) is 18.8. The summed E-state index contributed by atoms with van der Waals surface area (Å²) >= 11 is 0. The molecule has 0 amide bonds. The lowest BCUT2D eigenvalue weighted by Gasteiger charge is -2.40. The van der Waals surface area contributed by atoms with Crippen LogP contribution in [0.4, 0.5) is 19.0 Å². The lowest BCUT2D eigenvalue weighted by atomic mass is 10.1. The van der Waals surface area contributed by atoms with E-state index in [4.69, 9.17) is 9.16 Å². The van der Waals surface area contributed by atoms with Crippen LogP contribution < -0.4 is 9.04 Å². The predicted molar refractivity (Wildman–Crippen MR) is 169 cm³/mol. The van der Waals surface area contributed by atoms with Crippen LogP contribution in [-0.4, -0.2) is 46.6 Å². The molecule has 0 spiro atoms. The molecule has 0 N–H and O–H groups in total. The number of rotatable bonds is 10. The fourth-order valence-electron chi connectivity index (χ4n) is 4.86. The first kappa shape index (κ1) is 32.6. The minimum atomic E-state index is -5.90. The van der Waals surface area contributed by atoms with E-state index in [1.54, 1.807) is 90.4 Å². The summed E-state index contributed by atoms with van der Waals surface area (Å²) in [6.07, 6.45) is 0.00828. The van der Waals surface area contributed by atoms with Crippen LogP contribution in [0.5, 0.6) is 5.75 Å². The predicted octanol–water partition coefficient (Wildman–Crippen LogP) is 8.24. The topological polar surface area (TPSA) is 60.8 Å². The molecule has 4 rings (SSSR count). The number of ether oxygens (including phenoxy) is 1. The van der Waals surface area contributed by atoms with Crippen LogP contribution in [0.1, 0.15) is 31.9 Å². The highest BCUT2D eigenvalue weighted by Crippen LogP contribution is 2.42. The van der Waals surface area contributed by atoms with E-state index in [-0.39, 0.29) is 23.9 Å². The highest BCUT2D eigenvalue weighted by Gasteiger charge is 2.54. The van der Waals surface area contributed by atoms with Crippen molar-refractivity contribution in [2.45, 2.75) is 63.8 Å². The van der Waals surface area contributed by atoms with E-state index in [1.165, 1.54) is 7.11 Å². The second-order valence-electron chi connectivity index (χ2n) is 12.2. The van der Waals surface area contributed by atoms with Crippen molar-refractivity contribution in [3.05, 3.63) is 90.0 Å². The number of aryl methyl sites for hydroxylation is 1. The molecule has 0 aliphatic rings. The van der Waals surface area contributed by atoms with Crippen molar-refractivity contribution in [3.63, 3.8) is 0 Å². The van der Waals surface area contributed by atoms with E-state index in [0.29, 0.717) is 37.8 Å². The summed E-state index contributed by atoms with van der Waals surface area (Å²) in [5.74, 6) is 0.478. The molecule has 0 fully saturated rings. The second kappa shape index (κ2) is 12.0. The van der Waals surface area contributed by atoms with Gasteiger partial charge in [-0.05, 0) is 67.4 Å². The summed E-state index contributed by atoms with van der Waals surface area (Å²) in [5, 5.41) is 0.394. The van der Waals surface area contributed by atoms with Gasteiger partial charge in [-0.2, -0.15) is 21.6 Å². The van der Waals surface area contributed by atoms with Crippen LogP contribution in [0, 0.1) is 6.92 Å². The summed E-state index contributed by atoms with van der Waals surface area (Å²) in [6, 6.07) is 21.6. The number of sulfonamides is 1. The zero-order valence-electron chi connectivity index (χ0n) is 25.6. The molecule has 0 bridgehead atoms. The monoisotopic (exact) mass is 632 g/mol. The maximum absolute atomic E-state index is 14.7. The van der Waals surface area contributed by atoms with Crippen LogP contribution in [0.2, 0.25) is 18.1 Å². The molecule has 1 heterocycles.